The van der Waals surface area contributed by atoms with E-state index in [1.54, 1.807) is 19.1 Å². The number of nitrogens with zero attached hydrogens (tertiary/aromatic N) is 1. The van der Waals surface area contributed by atoms with Gasteiger partial charge in [0.05, 0.1) is 0 Å². The van der Waals surface area contributed by atoms with E-state index in [4.69, 9.17) is 14.6 Å². The zero-order valence-electron chi connectivity index (χ0n) is 11.0. The van der Waals surface area contributed by atoms with E-state index in [9.17, 15) is 4.79 Å². The number of benzene rings is 1. The summed E-state index contributed by atoms with van der Waals surface area (Å²) in [6, 6.07) is 5.39. The highest BCUT2D eigenvalue weighted by atomic mass is 16.7. The second-order valence-electron chi connectivity index (χ2n) is 4.52. The predicted octanol–water partition coefficient (Wildman–Crippen LogP) is 1.01. The van der Waals surface area contributed by atoms with Crippen LogP contribution in [0, 0.1) is 6.92 Å². The van der Waals surface area contributed by atoms with Crippen molar-refractivity contribution in [3.05, 3.63) is 39.8 Å². The number of aromatic nitrogens is 2. The summed E-state index contributed by atoms with van der Waals surface area (Å²) in [4.78, 5) is 19.1. The number of hydrogen-bond donors (Lipinski definition) is 2. The Morgan fingerprint density at radius 1 is 1.35 bits per heavy atom. The van der Waals surface area contributed by atoms with Crippen LogP contribution < -0.4 is 15.0 Å². The van der Waals surface area contributed by atoms with Crippen molar-refractivity contribution in [2.75, 3.05) is 13.4 Å². The lowest BCUT2D eigenvalue weighted by atomic mass is 10.1. The fourth-order valence-corrected chi connectivity index (χ4v) is 2.20. The molecule has 104 valence electrons. The van der Waals surface area contributed by atoms with E-state index in [0.717, 1.165) is 5.56 Å². The molecule has 1 aliphatic heterocycles. The molecule has 1 aromatic heterocycles. The van der Waals surface area contributed by atoms with Crippen molar-refractivity contribution in [2.24, 2.45) is 0 Å². The monoisotopic (exact) mass is 274 g/mol. The van der Waals surface area contributed by atoms with Crippen molar-refractivity contribution in [1.29, 1.82) is 0 Å². The molecule has 0 atom stereocenters. The zero-order chi connectivity index (χ0) is 14.1. The minimum atomic E-state index is -0.223. The van der Waals surface area contributed by atoms with Crippen molar-refractivity contribution >= 4 is 0 Å². The van der Waals surface area contributed by atoms with Crippen LogP contribution in [-0.2, 0) is 6.42 Å². The van der Waals surface area contributed by atoms with Gasteiger partial charge < -0.3 is 19.6 Å². The molecule has 0 radical (unpaired) electrons. The smallest absolute Gasteiger partial charge is 0.254 e. The summed E-state index contributed by atoms with van der Waals surface area (Å²) in [7, 11) is 0. The SMILES string of the molecule is Cc1nc(-c2ccc3c(c2)OCO3)[nH]c(=O)c1CCO. The first kappa shape index (κ1) is 12.7. The Morgan fingerprint density at radius 3 is 2.90 bits per heavy atom. The third-order valence-electron chi connectivity index (χ3n) is 3.23. The van der Waals surface area contributed by atoms with Gasteiger partial charge in [0.2, 0.25) is 6.79 Å². The van der Waals surface area contributed by atoms with Crippen LogP contribution in [0.25, 0.3) is 11.4 Å². The molecule has 0 fully saturated rings. The number of nitrogens with one attached hydrogen (secondary N) is 1. The molecule has 0 bridgehead atoms. The lowest BCUT2D eigenvalue weighted by Crippen LogP contribution is -2.18. The van der Waals surface area contributed by atoms with Crippen molar-refractivity contribution in [1.82, 2.24) is 9.97 Å². The number of rotatable bonds is 3. The van der Waals surface area contributed by atoms with Crippen LogP contribution >= 0.6 is 0 Å². The number of aryl methyl sites for hydroxylation is 1. The lowest BCUT2D eigenvalue weighted by molar-refractivity contribution is 0.174. The minimum Gasteiger partial charge on any atom is -0.454 e. The summed E-state index contributed by atoms with van der Waals surface area (Å²) in [5, 5.41) is 8.95. The summed E-state index contributed by atoms with van der Waals surface area (Å²) in [5.74, 6) is 1.81. The summed E-state index contributed by atoms with van der Waals surface area (Å²) in [5.41, 5.74) is 1.66. The van der Waals surface area contributed by atoms with Gasteiger partial charge in [-0.1, -0.05) is 0 Å². The van der Waals surface area contributed by atoms with Gasteiger partial charge in [0.25, 0.3) is 5.56 Å². The normalized spacial score (nSPS) is 12.7. The van der Waals surface area contributed by atoms with E-state index in [2.05, 4.69) is 9.97 Å². The van der Waals surface area contributed by atoms with Crippen LogP contribution in [0.4, 0.5) is 0 Å². The Balaban J connectivity index is 2.05. The molecule has 0 amide bonds. The average molecular weight is 274 g/mol. The van der Waals surface area contributed by atoms with Crippen LogP contribution in [0.2, 0.25) is 0 Å². The second kappa shape index (κ2) is 4.97. The summed E-state index contributed by atoms with van der Waals surface area (Å²) in [6.45, 7) is 1.89. The second-order valence-corrected chi connectivity index (χ2v) is 4.52. The molecule has 0 saturated carbocycles. The highest BCUT2D eigenvalue weighted by molar-refractivity contribution is 5.61. The molecule has 0 saturated heterocycles. The van der Waals surface area contributed by atoms with E-state index >= 15 is 0 Å². The van der Waals surface area contributed by atoms with Crippen molar-refractivity contribution in [2.45, 2.75) is 13.3 Å². The maximum atomic E-state index is 12.0. The van der Waals surface area contributed by atoms with Crippen molar-refractivity contribution in [3.63, 3.8) is 0 Å². The molecule has 1 aromatic carbocycles. The molecule has 2 aromatic rings. The van der Waals surface area contributed by atoms with Gasteiger partial charge in [0.15, 0.2) is 11.5 Å². The van der Waals surface area contributed by atoms with Gasteiger partial charge in [0.1, 0.15) is 5.82 Å². The Morgan fingerprint density at radius 2 is 2.15 bits per heavy atom. The topological polar surface area (TPSA) is 84.4 Å². The van der Waals surface area contributed by atoms with E-state index in [0.29, 0.717) is 35.0 Å². The molecular weight excluding hydrogens is 260 g/mol. The Hall–Kier alpha value is -2.34. The van der Waals surface area contributed by atoms with E-state index in [1.165, 1.54) is 0 Å². The number of ether oxygens (including phenoxy) is 2. The van der Waals surface area contributed by atoms with Crippen molar-refractivity contribution < 1.29 is 14.6 Å². The highest BCUT2D eigenvalue weighted by Gasteiger charge is 2.15. The summed E-state index contributed by atoms with van der Waals surface area (Å²) < 4.78 is 10.6. The van der Waals surface area contributed by atoms with Gasteiger partial charge in [0, 0.05) is 29.8 Å². The Labute approximate surface area is 115 Å². The number of H-pyrrole nitrogens is 1. The summed E-state index contributed by atoms with van der Waals surface area (Å²) >= 11 is 0. The third-order valence-corrected chi connectivity index (χ3v) is 3.23. The fraction of sp³-hybridized carbons (Fsp3) is 0.286. The first-order valence-corrected chi connectivity index (χ1v) is 6.29. The van der Waals surface area contributed by atoms with Crippen LogP contribution in [0.3, 0.4) is 0 Å². The Kier molecular flexibility index (Phi) is 3.15. The largest absolute Gasteiger partial charge is 0.454 e. The molecule has 2 heterocycles. The molecule has 20 heavy (non-hydrogen) atoms. The number of hydrogen-bond acceptors (Lipinski definition) is 5. The third kappa shape index (κ3) is 2.14. The van der Waals surface area contributed by atoms with Gasteiger partial charge in [-0.25, -0.2) is 4.98 Å². The van der Waals surface area contributed by atoms with Gasteiger partial charge in [-0.3, -0.25) is 4.79 Å². The predicted molar refractivity (Wildman–Crippen MR) is 71.9 cm³/mol. The molecule has 0 aliphatic carbocycles. The van der Waals surface area contributed by atoms with E-state index in [1.807, 2.05) is 6.07 Å². The lowest BCUT2D eigenvalue weighted by Gasteiger charge is -2.07. The standard InChI is InChI=1S/C14H14N2O4/c1-8-10(4-5-17)14(18)16-13(15-8)9-2-3-11-12(6-9)20-7-19-11/h2-3,6,17H,4-5,7H2,1H3,(H,15,16,18). The van der Waals surface area contributed by atoms with Crippen LogP contribution in [0.15, 0.2) is 23.0 Å². The minimum absolute atomic E-state index is 0.0744. The molecular formula is C14H14N2O4. The molecule has 6 nitrogen and oxygen atoms in total. The fourth-order valence-electron chi connectivity index (χ4n) is 2.20. The number of aromatic amines is 1. The van der Waals surface area contributed by atoms with Crippen LogP contribution in [-0.4, -0.2) is 28.5 Å². The number of aliphatic hydroxyl groups excluding tert-OH is 1. The first-order valence-electron chi connectivity index (χ1n) is 6.29. The molecule has 1 aliphatic rings. The Bertz CT molecular complexity index is 709. The van der Waals surface area contributed by atoms with Crippen molar-refractivity contribution in [3.8, 4) is 22.9 Å². The average Bonchev–Trinajstić information content (AvgIpc) is 2.90. The van der Waals surface area contributed by atoms with Gasteiger partial charge in [-0.15, -0.1) is 0 Å². The molecule has 0 unspecified atom stereocenters. The van der Waals surface area contributed by atoms with Gasteiger partial charge in [-0.2, -0.15) is 0 Å². The molecule has 6 heteroatoms. The number of fused-ring (bicyclic) bond motifs is 1. The zero-order valence-corrected chi connectivity index (χ0v) is 11.0. The van der Waals surface area contributed by atoms with Gasteiger partial charge in [-0.05, 0) is 25.1 Å². The maximum absolute atomic E-state index is 12.0. The van der Waals surface area contributed by atoms with E-state index < -0.39 is 0 Å². The van der Waals surface area contributed by atoms with Gasteiger partial charge >= 0.3 is 0 Å². The maximum Gasteiger partial charge on any atom is 0.254 e. The molecule has 0 spiro atoms. The molecule has 3 rings (SSSR count). The quantitative estimate of drug-likeness (QED) is 0.872. The van der Waals surface area contributed by atoms with Crippen LogP contribution in [0.1, 0.15) is 11.3 Å². The van der Waals surface area contributed by atoms with E-state index in [-0.39, 0.29) is 19.0 Å². The number of aliphatic hydroxyl groups is 1. The van der Waals surface area contributed by atoms with Crippen LogP contribution in [0.5, 0.6) is 11.5 Å². The first-order chi connectivity index (χ1) is 9.69. The highest BCUT2D eigenvalue weighted by Crippen LogP contribution is 2.34. The summed E-state index contributed by atoms with van der Waals surface area (Å²) in [6.07, 6.45) is 0.301. The molecule has 2 N–H and O–H groups in total.